The summed E-state index contributed by atoms with van der Waals surface area (Å²) in [5, 5.41) is 0. The number of rotatable bonds is 8. The Kier molecular flexibility index (Phi) is 6.23. The van der Waals surface area contributed by atoms with Crippen LogP contribution in [-0.2, 0) is 16.4 Å². The molecule has 0 heterocycles. The van der Waals surface area contributed by atoms with Crippen LogP contribution >= 0.6 is 0 Å². The van der Waals surface area contributed by atoms with E-state index in [1.165, 1.54) is 31.9 Å². The molecular weight excluding hydrogens is 326 g/mol. The van der Waals surface area contributed by atoms with Gasteiger partial charge in [0, 0.05) is 12.1 Å². The molecule has 2 aromatic carbocycles. The molecule has 0 aliphatic rings. The third-order valence-electron chi connectivity index (χ3n) is 3.73. The summed E-state index contributed by atoms with van der Waals surface area (Å²) in [5.74, 6) is 0.880. The third kappa shape index (κ3) is 4.72. The monoisotopic (exact) mass is 349 g/mol. The van der Waals surface area contributed by atoms with Crippen LogP contribution in [0.25, 0.3) is 0 Å². The van der Waals surface area contributed by atoms with Gasteiger partial charge in [-0.2, -0.15) is 0 Å². The molecule has 130 valence electrons. The summed E-state index contributed by atoms with van der Waals surface area (Å²) >= 11 is 0. The van der Waals surface area contributed by atoms with Gasteiger partial charge in [-0.25, -0.2) is 13.1 Å². The van der Waals surface area contributed by atoms with Crippen molar-refractivity contribution in [2.45, 2.75) is 30.7 Å². The SMILES string of the molecule is COc1ccc(S(=O)(=O)N[C@H](C)CCc2ccccc2)cc1OC. The molecule has 0 spiro atoms. The number of benzene rings is 2. The molecule has 1 atom stereocenters. The third-order valence-corrected chi connectivity index (χ3v) is 5.32. The fourth-order valence-corrected chi connectivity index (χ4v) is 3.70. The van der Waals surface area contributed by atoms with E-state index >= 15 is 0 Å². The fourth-order valence-electron chi connectivity index (χ4n) is 2.40. The molecule has 0 radical (unpaired) electrons. The maximum absolute atomic E-state index is 12.5. The van der Waals surface area contributed by atoms with Gasteiger partial charge in [-0.15, -0.1) is 0 Å². The lowest BCUT2D eigenvalue weighted by Gasteiger charge is -2.15. The highest BCUT2D eigenvalue weighted by molar-refractivity contribution is 7.89. The molecular formula is C18H23NO4S. The highest BCUT2D eigenvalue weighted by Crippen LogP contribution is 2.29. The van der Waals surface area contributed by atoms with E-state index in [1.54, 1.807) is 6.07 Å². The number of hydrogen-bond acceptors (Lipinski definition) is 4. The highest BCUT2D eigenvalue weighted by atomic mass is 32.2. The van der Waals surface area contributed by atoms with Crippen LogP contribution in [0.15, 0.2) is 53.4 Å². The zero-order valence-corrected chi connectivity index (χ0v) is 15.0. The van der Waals surface area contributed by atoms with Gasteiger partial charge >= 0.3 is 0 Å². The number of nitrogens with one attached hydrogen (secondary N) is 1. The average Bonchev–Trinajstić information content (AvgIpc) is 2.59. The molecule has 24 heavy (non-hydrogen) atoms. The van der Waals surface area contributed by atoms with Crippen molar-refractivity contribution in [2.75, 3.05) is 14.2 Å². The van der Waals surface area contributed by atoms with Crippen molar-refractivity contribution in [1.29, 1.82) is 0 Å². The van der Waals surface area contributed by atoms with E-state index in [0.717, 1.165) is 12.8 Å². The van der Waals surface area contributed by atoms with E-state index in [9.17, 15) is 8.42 Å². The van der Waals surface area contributed by atoms with Gasteiger partial charge in [0.25, 0.3) is 0 Å². The molecule has 2 aromatic rings. The maximum Gasteiger partial charge on any atom is 0.240 e. The Morgan fingerprint density at radius 2 is 1.67 bits per heavy atom. The minimum atomic E-state index is -3.61. The van der Waals surface area contributed by atoms with Crippen molar-refractivity contribution in [3.63, 3.8) is 0 Å². The Bertz CT molecular complexity index is 760. The summed E-state index contributed by atoms with van der Waals surface area (Å²) in [4.78, 5) is 0.159. The summed E-state index contributed by atoms with van der Waals surface area (Å²) < 4.78 is 38.0. The van der Waals surface area contributed by atoms with Crippen molar-refractivity contribution in [3.8, 4) is 11.5 Å². The summed E-state index contributed by atoms with van der Waals surface area (Å²) in [7, 11) is -0.621. The van der Waals surface area contributed by atoms with Gasteiger partial charge in [0.1, 0.15) is 0 Å². The number of ether oxygens (including phenoxy) is 2. The topological polar surface area (TPSA) is 64.6 Å². The van der Waals surface area contributed by atoms with Crippen LogP contribution in [0.3, 0.4) is 0 Å². The first-order valence-electron chi connectivity index (χ1n) is 7.74. The molecule has 0 aliphatic heterocycles. The van der Waals surface area contributed by atoms with Crippen molar-refractivity contribution >= 4 is 10.0 Å². The molecule has 0 saturated heterocycles. The fraction of sp³-hybridized carbons (Fsp3) is 0.333. The van der Waals surface area contributed by atoms with Crippen LogP contribution in [0, 0.1) is 0 Å². The minimum Gasteiger partial charge on any atom is -0.493 e. The van der Waals surface area contributed by atoms with E-state index in [-0.39, 0.29) is 10.9 Å². The van der Waals surface area contributed by atoms with Gasteiger partial charge in [0.2, 0.25) is 10.0 Å². The first-order valence-corrected chi connectivity index (χ1v) is 9.23. The van der Waals surface area contributed by atoms with Crippen LogP contribution in [0.2, 0.25) is 0 Å². The van der Waals surface area contributed by atoms with Gasteiger partial charge in [0.15, 0.2) is 11.5 Å². The first kappa shape index (κ1) is 18.3. The molecule has 0 unspecified atom stereocenters. The quantitative estimate of drug-likeness (QED) is 0.796. The number of aryl methyl sites for hydroxylation is 1. The average molecular weight is 349 g/mol. The second kappa shape index (κ2) is 8.17. The van der Waals surface area contributed by atoms with Gasteiger partial charge < -0.3 is 9.47 Å². The molecule has 0 amide bonds. The van der Waals surface area contributed by atoms with Crippen molar-refractivity contribution in [2.24, 2.45) is 0 Å². The van der Waals surface area contributed by atoms with Gasteiger partial charge in [-0.3, -0.25) is 0 Å². The van der Waals surface area contributed by atoms with E-state index in [0.29, 0.717) is 11.5 Å². The Balaban J connectivity index is 2.04. The molecule has 0 aromatic heterocycles. The second-order valence-electron chi connectivity index (χ2n) is 5.56. The molecule has 1 N–H and O–H groups in total. The smallest absolute Gasteiger partial charge is 0.240 e. The largest absolute Gasteiger partial charge is 0.493 e. The maximum atomic E-state index is 12.5. The molecule has 0 aliphatic carbocycles. The first-order chi connectivity index (χ1) is 11.5. The second-order valence-corrected chi connectivity index (χ2v) is 7.28. The van der Waals surface area contributed by atoms with Crippen LogP contribution in [-0.4, -0.2) is 28.7 Å². The molecule has 6 heteroatoms. The van der Waals surface area contributed by atoms with Crippen LogP contribution in [0.1, 0.15) is 18.9 Å². The van der Waals surface area contributed by atoms with Crippen LogP contribution in [0.5, 0.6) is 11.5 Å². The number of hydrogen-bond donors (Lipinski definition) is 1. The van der Waals surface area contributed by atoms with E-state index in [2.05, 4.69) is 4.72 Å². The van der Waals surface area contributed by atoms with Gasteiger partial charge in [0.05, 0.1) is 19.1 Å². The number of methoxy groups -OCH3 is 2. The Morgan fingerprint density at radius 1 is 1.00 bits per heavy atom. The lowest BCUT2D eigenvalue weighted by molar-refractivity contribution is 0.354. The lowest BCUT2D eigenvalue weighted by Crippen LogP contribution is -2.33. The van der Waals surface area contributed by atoms with E-state index in [4.69, 9.17) is 9.47 Å². The highest BCUT2D eigenvalue weighted by Gasteiger charge is 2.19. The molecule has 0 fully saturated rings. The Labute approximate surface area is 143 Å². The standard InChI is InChI=1S/C18H23NO4S/c1-14(9-10-15-7-5-4-6-8-15)19-24(20,21)16-11-12-17(22-2)18(13-16)23-3/h4-8,11-14,19H,9-10H2,1-3H3/t14-/m1/s1. The van der Waals surface area contributed by atoms with E-state index < -0.39 is 10.0 Å². The summed E-state index contributed by atoms with van der Waals surface area (Å²) in [5.41, 5.74) is 1.19. The van der Waals surface area contributed by atoms with Crippen LogP contribution in [0.4, 0.5) is 0 Å². The summed E-state index contributed by atoms with van der Waals surface area (Å²) in [6, 6.07) is 14.4. The minimum absolute atomic E-state index is 0.159. The zero-order valence-electron chi connectivity index (χ0n) is 14.2. The van der Waals surface area contributed by atoms with Crippen LogP contribution < -0.4 is 14.2 Å². The number of sulfonamides is 1. The Hall–Kier alpha value is -2.05. The predicted molar refractivity (Wildman–Crippen MR) is 94.1 cm³/mol. The van der Waals surface area contributed by atoms with Crippen molar-refractivity contribution in [3.05, 3.63) is 54.1 Å². The predicted octanol–water partition coefficient (Wildman–Crippen LogP) is 3.00. The van der Waals surface area contributed by atoms with Crippen molar-refractivity contribution < 1.29 is 17.9 Å². The van der Waals surface area contributed by atoms with E-state index in [1.807, 2.05) is 37.3 Å². The van der Waals surface area contributed by atoms with Gasteiger partial charge in [-0.1, -0.05) is 30.3 Å². The zero-order chi connectivity index (χ0) is 17.6. The molecule has 2 rings (SSSR count). The summed E-state index contributed by atoms with van der Waals surface area (Å²) in [6.45, 7) is 1.86. The summed E-state index contributed by atoms with van der Waals surface area (Å²) in [6.07, 6.45) is 1.53. The van der Waals surface area contributed by atoms with Gasteiger partial charge in [-0.05, 0) is 37.5 Å². The molecule has 0 saturated carbocycles. The normalized spacial score (nSPS) is 12.6. The van der Waals surface area contributed by atoms with Crippen molar-refractivity contribution in [1.82, 2.24) is 4.72 Å². The molecule has 5 nitrogen and oxygen atoms in total. The lowest BCUT2D eigenvalue weighted by atomic mass is 10.1. The molecule has 0 bridgehead atoms. The Morgan fingerprint density at radius 3 is 2.29 bits per heavy atom.